The Bertz CT molecular complexity index is 719. The topological polar surface area (TPSA) is 55.4 Å². The molecule has 0 aromatic heterocycles. The lowest BCUT2D eigenvalue weighted by Gasteiger charge is -2.10. The fraction of sp³-hybridized carbons (Fsp3) is 0.263. The van der Waals surface area contributed by atoms with Crippen molar-refractivity contribution in [2.75, 3.05) is 17.7 Å². The van der Waals surface area contributed by atoms with Crippen molar-refractivity contribution in [3.05, 3.63) is 59.1 Å². The average Bonchev–Trinajstić information content (AvgIpc) is 2.61. The number of carbonyl (C=O) groups is 2. The van der Waals surface area contributed by atoms with Gasteiger partial charge in [0.1, 0.15) is 0 Å². The number of para-hydroxylation sites is 1. The minimum atomic E-state index is -0.434. The van der Waals surface area contributed by atoms with Crippen LogP contribution in [0.4, 0.5) is 5.69 Å². The Kier molecular flexibility index (Phi) is 7.82. The van der Waals surface area contributed by atoms with Crippen molar-refractivity contribution in [3.63, 3.8) is 0 Å². The summed E-state index contributed by atoms with van der Waals surface area (Å²) in [5.74, 6) is 0.277. The second-order valence-electron chi connectivity index (χ2n) is 5.22. The minimum Gasteiger partial charge on any atom is -0.462 e. The predicted molar refractivity (Wildman–Crippen MR) is 102 cm³/mol. The van der Waals surface area contributed by atoms with Crippen molar-refractivity contribution in [2.24, 2.45) is 0 Å². The van der Waals surface area contributed by atoms with Crippen LogP contribution >= 0.6 is 23.4 Å². The number of carbonyl (C=O) groups excluding carboxylic acids is 2. The molecule has 0 atom stereocenters. The van der Waals surface area contributed by atoms with Crippen molar-refractivity contribution in [2.45, 2.75) is 24.7 Å². The first-order chi connectivity index (χ1) is 12.1. The second kappa shape index (κ2) is 10.1. The van der Waals surface area contributed by atoms with E-state index in [1.165, 1.54) is 0 Å². The molecular formula is C19H20ClNO3S. The number of hydrogen-bond acceptors (Lipinski definition) is 4. The van der Waals surface area contributed by atoms with Crippen molar-refractivity contribution < 1.29 is 14.3 Å². The van der Waals surface area contributed by atoms with Gasteiger partial charge >= 0.3 is 5.97 Å². The second-order valence-corrected chi connectivity index (χ2v) is 6.82. The average molecular weight is 378 g/mol. The number of hydrogen-bond donors (Lipinski definition) is 1. The molecule has 0 saturated carbocycles. The highest BCUT2D eigenvalue weighted by molar-refractivity contribution is 7.99. The molecule has 0 spiro atoms. The molecule has 2 aromatic carbocycles. The summed E-state index contributed by atoms with van der Waals surface area (Å²) in [5, 5.41) is 3.50. The van der Waals surface area contributed by atoms with E-state index < -0.39 is 5.97 Å². The largest absolute Gasteiger partial charge is 0.462 e. The number of amides is 1. The van der Waals surface area contributed by atoms with Gasteiger partial charge in [0, 0.05) is 16.3 Å². The van der Waals surface area contributed by atoms with E-state index in [1.807, 2.05) is 24.3 Å². The van der Waals surface area contributed by atoms with E-state index in [0.29, 0.717) is 29.3 Å². The Balaban J connectivity index is 1.80. The highest BCUT2D eigenvalue weighted by Gasteiger charge is 2.13. The number of esters is 1. The molecule has 0 aliphatic heterocycles. The first-order valence-corrected chi connectivity index (χ1v) is 9.41. The molecule has 0 aliphatic carbocycles. The molecule has 1 amide bonds. The van der Waals surface area contributed by atoms with E-state index in [9.17, 15) is 9.59 Å². The first-order valence-electron chi connectivity index (χ1n) is 8.04. The molecule has 1 N–H and O–H groups in total. The summed E-state index contributed by atoms with van der Waals surface area (Å²) in [4.78, 5) is 25.1. The van der Waals surface area contributed by atoms with Gasteiger partial charge in [-0.25, -0.2) is 4.79 Å². The van der Waals surface area contributed by atoms with Gasteiger partial charge in [-0.15, -0.1) is 11.8 Å². The highest BCUT2D eigenvalue weighted by Crippen LogP contribution is 2.22. The Labute approximate surface area is 156 Å². The Morgan fingerprint density at radius 3 is 2.56 bits per heavy atom. The maximum atomic E-state index is 12.1. The number of benzene rings is 2. The molecule has 2 aromatic rings. The third-order valence-corrected chi connectivity index (χ3v) is 4.68. The van der Waals surface area contributed by atoms with Crippen molar-refractivity contribution >= 4 is 40.9 Å². The molecule has 0 heterocycles. The molecule has 4 nitrogen and oxygen atoms in total. The van der Waals surface area contributed by atoms with Crippen LogP contribution in [0.2, 0.25) is 5.02 Å². The minimum absolute atomic E-state index is 0.117. The van der Waals surface area contributed by atoms with E-state index in [-0.39, 0.29) is 5.91 Å². The van der Waals surface area contributed by atoms with Crippen LogP contribution in [0.25, 0.3) is 0 Å². The van der Waals surface area contributed by atoms with Crippen LogP contribution in [0, 0.1) is 0 Å². The van der Waals surface area contributed by atoms with Gasteiger partial charge in [-0.2, -0.15) is 0 Å². The van der Waals surface area contributed by atoms with E-state index in [1.54, 1.807) is 43.0 Å². The van der Waals surface area contributed by atoms with E-state index in [2.05, 4.69) is 5.32 Å². The zero-order valence-electron chi connectivity index (χ0n) is 14.0. The van der Waals surface area contributed by atoms with Gasteiger partial charge in [-0.3, -0.25) is 4.79 Å². The van der Waals surface area contributed by atoms with Gasteiger partial charge in [0.2, 0.25) is 5.91 Å². The summed E-state index contributed by atoms with van der Waals surface area (Å²) in [5.41, 5.74) is 0.851. The van der Waals surface area contributed by atoms with Crippen LogP contribution in [0.5, 0.6) is 0 Å². The lowest BCUT2D eigenvalue weighted by molar-refractivity contribution is -0.116. The van der Waals surface area contributed by atoms with Gasteiger partial charge in [0.15, 0.2) is 0 Å². The summed E-state index contributed by atoms with van der Waals surface area (Å²) < 4.78 is 5.00. The summed E-state index contributed by atoms with van der Waals surface area (Å²) in [7, 11) is 0. The number of rotatable bonds is 8. The third-order valence-electron chi connectivity index (χ3n) is 3.33. The lowest BCUT2D eigenvalue weighted by atomic mass is 10.1. The molecule has 0 radical (unpaired) electrons. The maximum Gasteiger partial charge on any atom is 0.340 e. The molecule has 0 saturated heterocycles. The molecule has 25 heavy (non-hydrogen) atoms. The SMILES string of the molecule is CCOC(=O)c1ccccc1NC(=O)CCCSc1ccc(Cl)cc1. The fourth-order valence-corrected chi connectivity index (χ4v) is 3.12. The van der Waals surface area contributed by atoms with Crippen LogP contribution in [-0.2, 0) is 9.53 Å². The van der Waals surface area contributed by atoms with Crippen molar-refractivity contribution in [1.29, 1.82) is 0 Å². The van der Waals surface area contributed by atoms with Gasteiger partial charge in [0.25, 0.3) is 0 Å². The van der Waals surface area contributed by atoms with Gasteiger partial charge < -0.3 is 10.1 Å². The van der Waals surface area contributed by atoms with E-state index >= 15 is 0 Å². The molecule has 0 aliphatic rings. The van der Waals surface area contributed by atoms with Crippen molar-refractivity contribution in [1.82, 2.24) is 0 Å². The number of ether oxygens (including phenoxy) is 1. The number of thioether (sulfide) groups is 1. The fourth-order valence-electron chi connectivity index (χ4n) is 2.15. The van der Waals surface area contributed by atoms with Crippen LogP contribution < -0.4 is 5.32 Å². The zero-order valence-corrected chi connectivity index (χ0v) is 15.5. The summed E-state index contributed by atoms with van der Waals surface area (Å²) in [6.07, 6.45) is 1.12. The van der Waals surface area contributed by atoms with Gasteiger partial charge in [0.05, 0.1) is 17.9 Å². The summed E-state index contributed by atoms with van der Waals surface area (Å²) in [6, 6.07) is 14.5. The van der Waals surface area contributed by atoms with Gasteiger partial charge in [-0.05, 0) is 55.5 Å². The normalized spacial score (nSPS) is 10.3. The first kappa shape index (κ1) is 19.3. The number of nitrogens with one attached hydrogen (secondary N) is 1. The standard InChI is InChI=1S/C19H20ClNO3S/c1-2-24-19(23)16-6-3-4-7-17(16)21-18(22)8-5-13-25-15-11-9-14(20)10-12-15/h3-4,6-7,9-12H,2,5,8,13H2,1H3,(H,21,22). The molecule has 132 valence electrons. The summed E-state index contributed by atoms with van der Waals surface area (Å²) >= 11 is 7.53. The molecule has 0 bridgehead atoms. The monoisotopic (exact) mass is 377 g/mol. The Morgan fingerprint density at radius 1 is 1.12 bits per heavy atom. The quantitative estimate of drug-likeness (QED) is 0.398. The zero-order chi connectivity index (χ0) is 18.1. The van der Waals surface area contributed by atoms with Crippen LogP contribution in [-0.4, -0.2) is 24.2 Å². The van der Waals surface area contributed by atoms with Crippen LogP contribution in [0.1, 0.15) is 30.1 Å². The predicted octanol–water partition coefficient (Wildman–Crippen LogP) is 5.03. The molecule has 0 fully saturated rings. The summed E-state index contributed by atoms with van der Waals surface area (Å²) in [6.45, 7) is 2.04. The molecule has 2 rings (SSSR count). The van der Waals surface area contributed by atoms with Gasteiger partial charge in [-0.1, -0.05) is 23.7 Å². The molecular weight excluding hydrogens is 358 g/mol. The Hall–Kier alpha value is -1.98. The molecule has 6 heteroatoms. The van der Waals surface area contributed by atoms with Crippen molar-refractivity contribution in [3.8, 4) is 0 Å². The van der Waals surface area contributed by atoms with Crippen LogP contribution in [0.3, 0.4) is 0 Å². The third kappa shape index (κ3) is 6.44. The Morgan fingerprint density at radius 2 is 1.84 bits per heavy atom. The highest BCUT2D eigenvalue weighted by atomic mass is 35.5. The van der Waals surface area contributed by atoms with Crippen LogP contribution in [0.15, 0.2) is 53.4 Å². The van der Waals surface area contributed by atoms with E-state index in [4.69, 9.17) is 16.3 Å². The lowest BCUT2D eigenvalue weighted by Crippen LogP contribution is -2.15. The number of halogens is 1. The smallest absolute Gasteiger partial charge is 0.340 e. The van der Waals surface area contributed by atoms with E-state index in [0.717, 1.165) is 17.1 Å². The maximum absolute atomic E-state index is 12.1. The number of anilines is 1. The molecule has 0 unspecified atom stereocenters.